The van der Waals surface area contributed by atoms with Crippen LogP contribution in [0.3, 0.4) is 0 Å². The van der Waals surface area contributed by atoms with Crippen molar-refractivity contribution in [2.24, 2.45) is 11.8 Å². The summed E-state index contributed by atoms with van der Waals surface area (Å²) in [4.78, 5) is 21.8. The molecule has 0 bridgehead atoms. The lowest BCUT2D eigenvalue weighted by atomic mass is 9.87. The summed E-state index contributed by atoms with van der Waals surface area (Å²) in [5, 5.41) is 10.8. The van der Waals surface area contributed by atoms with Gasteiger partial charge >= 0.3 is 5.97 Å². The van der Waals surface area contributed by atoms with Crippen LogP contribution in [0.5, 0.6) is 0 Å². The second-order valence-electron chi connectivity index (χ2n) is 3.85. The van der Waals surface area contributed by atoms with E-state index >= 15 is 0 Å². The molecular formula is C10H17NO4. The summed E-state index contributed by atoms with van der Waals surface area (Å²) in [6, 6.07) is 0. The van der Waals surface area contributed by atoms with E-state index < -0.39 is 5.97 Å². The third-order valence-electron chi connectivity index (χ3n) is 2.80. The Hall–Kier alpha value is -1.10. The van der Waals surface area contributed by atoms with E-state index in [0.29, 0.717) is 19.1 Å². The van der Waals surface area contributed by atoms with Gasteiger partial charge in [0.05, 0.1) is 0 Å². The van der Waals surface area contributed by atoms with Crippen LogP contribution in [0.25, 0.3) is 0 Å². The second-order valence-corrected chi connectivity index (χ2v) is 3.85. The normalized spacial score (nSPS) is 19.5. The minimum Gasteiger partial charge on any atom is -0.480 e. The zero-order valence-corrected chi connectivity index (χ0v) is 8.86. The molecule has 0 aromatic heterocycles. The van der Waals surface area contributed by atoms with Gasteiger partial charge in [-0.25, -0.2) is 0 Å². The van der Waals surface area contributed by atoms with Gasteiger partial charge in [-0.1, -0.05) is 6.92 Å². The van der Waals surface area contributed by atoms with Gasteiger partial charge < -0.3 is 15.2 Å². The van der Waals surface area contributed by atoms with Crippen molar-refractivity contribution in [3.63, 3.8) is 0 Å². The Morgan fingerprint density at radius 1 is 1.47 bits per heavy atom. The molecule has 0 radical (unpaired) electrons. The zero-order chi connectivity index (χ0) is 11.3. The van der Waals surface area contributed by atoms with Crippen LogP contribution in [0.1, 0.15) is 19.8 Å². The lowest BCUT2D eigenvalue weighted by Crippen LogP contribution is -2.38. The topological polar surface area (TPSA) is 75.6 Å². The number of ether oxygens (including phenoxy) is 1. The molecule has 1 aliphatic rings. The largest absolute Gasteiger partial charge is 0.480 e. The third-order valence-corrected chi connectivity index (χ3v) is 2.80. The lowest BCUT2D eigenvalue weighted by Gasteiger charge is -2.26. The van der Waals surface area contributed by atoms with Gasteiger partial charge in [0, 0.05) is 19.1 Å². The highest BCUT2D eigenvalue weighted by molar-refractivity contribution is 5.82. The van der Waals surface area contributed by atoms with E-state index in [1.807, 2.05) is 6.92 Å². The van der Waals surface area contributed by atoms with Gasteiger partial charge in [0.2, 0.25) is 5.91 Å². The molecule has 0 spiro atoms. The molecule has 1 atom stereocenters. The summed E-state index contributed by atoms with van der Waals surface area (Å²) in [6.07, 6.45) is 1.75. The van der Waals surface area contributed by atoms with E-state index in [1.165, 1.54) is 0 Å². The molecule has 0 aromatic rings. The third kappa shape index (κ3) is 3.87. The van der Waals surface area contributed by atoms with E-state index in [9.17, 15) is 9.59 Å². The van der Waals surface area contributed by atoms with Gasteiger partial charge in [-0.05, 0) is 18.8 Å². The Bertz CT molecular complexity index is 236. The predicted octanol–water partition coefficient (Wildman–Crippen LogP) is 0.250. The molecule has 1 fully saturated rings. The Morgan fingerprint density at radius 3 is 2.60 bits per heavy atom. The Labute approximate surface area is 88.8 Å². The molecule has 0 saturated carbocycles. The quantitative estimate of drug-likeness (QED) is 0.705. The predicted molar refractivity (Wildman–Crippen MR) is 53.4 cm³/mol. The highest BCUT2D eigenvalue weighted by atomic mass is 16.5. The number of carbonyl (C=O) groups excluding carboxylic acids is 1. The fraction of sp³-hybridized carbons (Fsp3) is 0.800. The Morgan fingerprint density at radius 2 is 2.07 bits per heavy atom. The number of hydrogen-bond donors (Lipinski definition) is 2. The van der Waals surface area contributed by atoms with Gasteiger partial charge in [0.25, 0.3) is 0 Å². The molecule has 5 heteroatoms. The van der Waals surface area contributed by atoms with Crippen molar-refractivity contribution in [3.8, 4) is 0 Å². The average molecular weight is 215 g/mol. The number of carbonyl (C=O) groups is 2. The first-order chi connectivity index (χ1) is 7.11. The molecule has 1 rings (SSSR count). The van der Waals surface area contributed by atoms with Crippen molar-refractivity contribution in [1.82, 2.24) is 5.32 Å². The van der Waals surface area contributed by atoms with Gasteiger partial charge in [-0.3, -0.25) is 9.59 Å². The smallest absolute Gasteiger partial charge is 0.322 e. The minimum absolute atomic E-state index is 0.131. The standard InChI is InChI=1S/C10H17NO4/c1-7(8-2-4-15-5-3-8)10(14)11-6-9(12)13/h7-8H,2-6H2,1H3,(H,11,14)(H,12,13). The molecule has 1 heterocycles. The maximum atomic E-state index is 11.5. The van der Waals surface area contributed by atoms with Crippen LogP contribution in [-0.2, 0) is 14.3 Å². The highest BCUT2D eigenvalue weighted by Crippen LogP contribution is 2.23. The van der Waals surface area contributed by atoms with E-state index in [1.54, 1.807) is 0 Å². The molecular weight excluding hydrogens is 198 g/mol. The zero-order valence-electron chi connectivity index (χ0n) is 8.86. The molecule has 1 unspecified atom stereocenters. The first-order valence-electron chi connectivity index (χ1n) is 5.18. The number of carboxylic acid groups (broad SMARTS) is 1. The van der Waals surface area contributed by atoms with Gasteiger partial charge in [0.15, 0.2) is 0 Å². The second kappa shape index (κ2) is 5.70. The number of rotatable bonds is 4. The van der Waals surface area contributed by atoms with Crippen LogP contribution < -0.4 is 5.32 Å². The summed E-state index contributed by atoms with van der Waals surface area (Å²) in [6.45, 7) is 2.93. The monoisotopic (exact) mass is 215 g/mol. The van der Waals surface area contributed by atoms with Gasteiger partial charge in [-0.15, -0.1) is 0 Å². The van der Waals surface area contributed by atoms with Crippen LogP contribution in [0.4, 0.5) is 0 Å². The fourth-order valence-electron chi connectivity index (χ4n) is 1.75. The van der Waals surface area contributed by atoms with Crippen LogP contribution >= 0.6 is 0 Å². The number of hydrogen-bond acceptors (Lipinski definition) is 3. The van der Waals surface area contributed by atoms with E-state index in [-0.39, 0.29) is 18.4 Å². The molecule has 86 valence electrons. The van der Waals surface area contributed by atoms with Crippen LogP contribution in [0.2, 0.25) is 0 Å². The molecule has 0 aliphatic carbocycles. The van der Waals surface area contributed by atoms with Crippen LogP contribution in [0, 0.1) is 11.8 Å². The van der Waals surface area contributed by atoms with E-state index in [0.717, 1.165) is 12.8 Å². The maximum Gasteiger partial charge on any atom is 0.322 e. The first kappa shape index (κ1) is 12.0. The SMILES string of the molecule is CC(C(=O)NCC(=O)O)C1CCOCC1. The van der Waals surface area contributed by atoms with Gasteiger partial charge in [0.1, 0.15) is 6.54 Å². The average Bonchev–Trinajstić information content (AvgIpc) is 2.26. The van der Waals surface area contributed by atoms with Crippen molar-refractivity contribution in [1.29, 1.82) is 0 Å². The van der Waals surface area contributed by atoms with Gasteiger partial charge in [-0.2, -0.15) is 0 Å². The molecule has 0 aromatic carbocycles. The summed E-state index contributed by atoms with van der Waals surface area (Å²) in [5.74, 6) is -1.01. The van der Waals surface area contributed by atoms with Crippen molar-refractivity contribution in [2.45, 2.75) is 19.8 Å². The number of aliphatic carboxylic acids is 1. The minimum atomic E-state index is -1.01. The Kier molecular flexibility index (Phi) is 4.55. The fourth-order valence-corrected chi connectivity index (χ4v) is 1.75. The van der Waals surface area contributed by atoms with E-state index in [2.05, 4.69) is 5.32 Å². The molecule has 1 amide bonds. The maximum absolute atomic E-state index is 11.5. The van der Waals surface area contributed by atoms with Crippen LogP contribution in [-0.4, -0.2) is 36.7 Å². The van der Waals surface area contributed by atoms with Crippen molar-refractivity contribution < 1.29 is 19.4 Å². The molecule has 1 saturated heterocycles. The molecule has 15 heavy (non-hydrogen) atoms. The highest BCUT2D eigenvalue weighted by Gasteiger charge is 2.25. The lowest BCUT2D eigenvalue weighted by molar-refractivity contribution is -0.139. The first-order valence-corrected chi connectivity index (χ1v) is 5.18. The van der Waals surface area contributed by atoms with Crippen molar-refractivity contribution in [3.05, 3.63) is 0 Å². The Balaban J connectivity index is 2.33. The van der Waals surface area contributed by atoms with Crippen molar-refractivity contribution in [2.75, 3.05) is 19.8 Å². The molecule has 5 nitrogen and oxygen atoms in total. The van der Waals surface area contributed by atoms with E-state index in [4.69, 9.17) is 9.84 Å². The van der Waals surface area contributed by atoms with Crippen LogP contribution in [0.15, 0.2) is 0 Å². The number of nitrogens with one attached hydrogen (secondary N) is 1. The number of carboxylic acids is 1. The van der Waals surface area contributed by atoms with Crippen molar-refractivity contribution >= 4 is 11.9 Å². The summed E-state index contributed by atoms with van der Waals surface area (Å²) in [5.41, 5.74) is 0. The summed E-state index contributed by atoms with van der Waals surface area (Å²) >= 11 is 0. The number of amides is 1. The summed E-state index contributed by atoms with van der Waals surface area (Å²) in [7, 11) is 0. The molecule has 1 aliphatic heterocycles. The summed E-state index contributed by atoms with van der Waals surface area (Å²) < 4.78 is 5.20. The molecule has 2 N–H and O–H groups in total.